The molecule has 0 aliphatic heterocycles. The molecule has 0 aliphatic carbocycles. The van der Waals surface area contributed by atoms with Gasteiger partial charge in [0.15, 0.2) is 5.78 Å². The van der Waals surface area contributed by atoms with Crippen LogP contribution in [0.5, 0.6) is 0 Å². The number of hydrogen-bond acceptors (Lipinski definition) is 5. The minimum atomic E-state index is -0.638. The molecule has 7 heteroatoms. The Morgan fingerprint density at radius 1 is 1.07 bits per heavy atom. The average molecular weight is 376 g/mol. The Labute approximate surface area is 161 Å². The Morgan fingerprint density at radius 2 is 1.71 bits per heavy atom. The van der Waals surface area contributed by atoms with E-state index in [2.05, 4.69) is 10.4 Å². The minimum Gasteiger partial charge on any atom is -0.366 e. The summed E-state index contributed by atoms with van der Waals surface area (Å²) in [6.45, 7) is 3.49. The maximum Gasteiger partial charge on any atom is 0.291 e. The van der Waals surface area contributed by atoms with Crippen molar-refractivity contribution in [3.05, 3.63) is 76.1 Å². The standard InChI is InChI=1S/C21H20N4O3/c1-3-25-21(28)19(23-16-12-8-7-11-15(16)20(22)27)17(13(2)26)18(24-25)14-9-5-4-6-10-14/h4-12,23H,3H2,1-2H3,(H2,22,27). The molecule has 142 valence electrons. The first kappa shape index (κ1) is 19.0. The smallest absolute Gasteiger partial charge is 0.291 e. The maximum atomic E-state index is 13.0. The van der Waals surface area contributed by atoms with Crippen molar-refractivity contribution in [2.75, 3.05) is 5.32 Å². The minimum absolute atomic E-state index is 0.0666. The number of para-hydroxylation sites is 1. The Hall–Kier alpha value is -3.74. The largest absolute Gasteiger partial charge is 0.366 e. The van der Waals surface area contributed by atoms with Crippen LogP contribution in [-0.2, 0) is 6.54 Å². The first-order valence-electron chi connectivity index (χ1n) is 8.81. The number of aromatic nitrogens is 2. The molecule has 0 saturated heterocycles. The highest BCUT2D eigenvalue weighted by Crippen LogP contribution is 2.28. The van der Waals surface area contributed by atoms with Gasteiger partial charge in [0.1, 0.15) is 11.4 Å². The van der Waals surface area contributed by atoms with Gasteiger partial charge in [-0.1, -0.05) is 42.5 Å². The van der Waals surface area contributed by atoms with E-state index in [1.54, 1.807) is 31.2 Å². The van der Waals surface area contributed by atoms with Crippen molar-refractivity contribution in [2.24, 2.45) is 5.73 Å². The molecule has 0 fully saturated rings. The summed E-state index contributed by atoms with van der Waals surface area (Å²) >= 11 is 0. The van der Waals surface area contributed by atoms with Gasteiger partial charge in [-0.25, -0.2) is 4.68 Å². The van der Waals surface area contributed by atoms with Gasteiger partial charge in [0, 0.05) is 12.1 Å². The van der Waals surface area contributed by atoms with Gasteiger partial charge in [-0.3, -0.25) is 14.4 Å². The third-order valence-electron chi connectivity index (χ3n) is 4.31. The van der Waals surface area contributed by atoms with Crippen LogP contribution < -0.4 is 16.6 Å². The lowest BCUT2D eigenvalue weighted by Gasteiger charge is -2.17. The number of nitrogens with zero attached hydrogens (tertiary/aromatic N) is 2. The van der Waals surface area contributed by atoms with Gasteiger partial charge in [-0.05, 0) is 26.0 Å². The topological polar surface area (TPSA) is 107 Å². The number of primary amides is 1. The monoisotopic (exact) mass is 376 g/mol. The highest BCUT2D eigenvalue weighted by molar-refractivity contribution is 6.06. The van der Waals surface area contributed by atoms with Crippen LogP contribution in [0, 0.1) is 0 Å². The molecule has 2 aromatic carbocycles. The molecule has 7 nitrogen and oxygen atoms in total. The molecule has 1 aromatic heterocycles. The molecule has 1 amide bonds. The zero-order valence-corrected chi connectivity index (χ0v) is 15.6. The molecule has 3 aromatic rings. The number of ketones is 1. The van der Waals surface area contributed by atoms with Gasteiger partial charge in [-0.2, -0.15) is 5.10 Å². The number of nitrogens with two attached hydrogens (primary N) is 1. The van der Waals surface area contributed by atoms with E-state index in [9.17, 15) is 14.4 Å². The third kappa shape index (κ3) is 3.55. The highest BCUT2D eigenvalue weighted by Gasteiger charge is 2.22. The molecule has 0 bridgehead atoms. The molecule has 28 heavy (non-hydrogen) atoms. The first-order chi connectivity index (χ1) is 13.4. The third-order valence-corrected chi connectivity index (χ3v) is 4.31. The molecular formula is C21H20N4O3. The van der Waals surface area contributed by atoms with Crippen molar-refractivity contribution in [1.29, 1.82) is 0 Å². The molecule has 1 heterocycles. The zero-order valence-electron chi connectivity index (χ0n) is 15.6. The molecule has 0 atom stereocenters. The zero-order chi connectivity index (χ0) is 20.3. The summed E-state index contributed by atoms with van der Waals surface area (Å²) in [5.41, 5.74) is 6.90. The van der Waals surface area contributed by atoms with E-state index in [1.807, 2.05) is 30.3 Å². The summed E-state index contributed by atoms with van der Waals surface area (Å²) in [7, 11) is 0. The van der Waals surface area contributed by atoms with Gasteiger partial charge < -0.3 is 11.1 Å². The van der Waals surface area contributed by atoms with Gasteiger partial charge >= 0.3 is 0 Å². The first-order valence-corrected chi connectivity index (χ1v) is 8.81. The normalized spacial score (nSPS) is 10.5. The Bertz CT molecular complexity index is 1100. The number of benzene rings is 2. The molecule has 0 unspecified atom stereocenters. The number of anilines is 2. The lowest BCUT2D eigenvalue weighted by atomic mass is 10.0. The van der Waals surface area contributed by atoms with Crippen LogP contribution >= 0.6 is 0 Å². The molecule has 0 saturated carbocycles. The predicted octanol–water partition coefficient (Wildman–Crippen LogP) is 2.98. The quantitative estimate of drug-likeness (QED) is 0.643. The van der Waals surface area contributed by atoms with E-state index >= 15 is 0 Å². The van der Waals surface area contributed by atoms with Crippen LogP contribution in [-0.4, -0.2) is 21.5 Å². The van der Waals surface area contributed by atoms with Crippen molar-refractivity contribution < 1.29 is 9.59 Å². The number of aryl methyl sites for hydroxylation is 1. The Morgan fingerprint density at radius 3 is 2.32 bits per heavy atom. The number of Topliss-reactive ketones (excluding diaryl/α,β-unsaturated/α-hetero) is 1. The van der Waals surface area contributed by atoms with E-state index in [-0.39, 0.29) is 22.6 Å². The predicted molar refractivity (Wildman–Crippen MR) is 108 cm³/mol. The molecular weight excluding hydrogens is 356 g/mol. The number of carbonyl (C=O) groups is 2. The molecule has 0 radical (unpaired) electrons. The van der Waals surface area contributed by atoms with E-state index in [0.29, 0.717) is 23.5 Å². The molecule has 3 N–H and O–H groups in total. The van der Waals surface area contributed by atoms with Crippen molar-refractivity contribution in [3.63, 3.8) is 0 Å². The summed E-state index contributed by atoms with van der Waals surface area (Å²) in [6.07, 6.45) is 0. The summed E-state index contributed by atoms with van der Waals surface area (Å²) in [4.78, 5) is 37.2. The Balaban J connectivity index is 2.30. The lowest BCUT2D eigenvalue weighted by Crippen LogP contribution is -2.28. The fraction of sp³-hybridized carbons (Fsp3) is 0.143. The highest BCUT2D eigenvalue weighted by atomic mass is 16.1. The number of amides is 1. The van der Waals surface area contributed by atoms with Crippen LogP contribution in [0.15, 0.2) is 59.4 Å². The average Bonchev–Trinajstić information content (AvgIpc) is 2.69. The second-order valence-corrected chi connectivity index (χ2v) is 6.18. The van der Waals surface area contributed by atoms with Crippen LogP contribution in [0.2, 0.25) is 0 Å². The fourth-order valence-corrected chi connectivity index (χ4v) is 2.98. The van der Waals surface area contributed by atoms with Crippen molar-refractivity contribution >= 4 is 23.1 Å². The summed E-state index contributed by atoms with van der Waals surface area (Å²) in [5, 5.41) is 7.36. The molecule has 0 spiro atoms. The second-order valence-electron chi connectivity index (χ2n) is 6.18. The molecule has 0 aliphatic rings. The fourth-order valence-electron chi connectivity index (χ4n) is 2.98. The maximum absolute atomic E-state index is 13.0. The Kier molecular flexibility index (Phi) is 5.35. The number of hydrogen-bond donors (Lipinski definition) is 2. The molecule has 3 rings (SSSR count). The number of rotatable bonds is 6. The van der Waals surface area contributed by atoms with E-state index in [0.717, 1.165) is 0 Å². The van der Waals surface area contributed by atoms with Crippen LogP contribution in [0.1, 0.15) is 34.6 Å². The summed E-state index contributed by atoms with van der Waals surface area (Å²) in [6, 6.07) is 15.7. The van der Waals surface area contributed by atoms with Crippen LogP contribution in [0.3, 0.4) is 0 Å². The van der Waals surface area contributed by atoms with Crippen molar-refractivity contribution in [2.45, 2.75) is 20.4 Å². The van der Waals surface area contributed by atoms with Crippen molar-refractivity contribution in [1.82, 2.24) is 9.78 Å². The second kappa shape index (κ2) is 7.87. The number of carbonyl (C=O) groups excluding carboxylic acids is 2. The van der Waals surface area contributed by atoms with Gasteiger partial charge in [-0.15, -0.1) is 0 Å². The van der Waals surface area contributed by atoms with Gasteiger partial charge in [0.05, 0.1) is 16.8 Å². The summed E-state index contributed by atoms with van der Waals surface area (Å²) in [5.74, 6) is -0.952. The van der Waals surface area contributed by atoms with Crippen LogP contribution in [0.4, 0.5) is 11.4 Å². The van der Waals surface area contributed by atoms with Gasteiger partial charge in [0.2, 0.25) is 0 Å². The van der Waals surface area contributed by atoms with E-state index < -0.39 is 11.5 Å². The van der Waals surface area contributed by atoms with E-state index in [4.69, 9.17) is 5.73 Å². The van der Waals surface area contributed by atoms with Crippen molar-refractivity contribution in [3.8, 4) is 11.3 Å². The van der Waals surface area contributed by atoms with Crippen LogP contribution in [0.25, 0.3) is 11.3 Å². The van der Waals surface area contributed by atoms with Gasteiger partial charge in [0.25, 0.3) is 11.5 Å². The lowest BCUT2D eigenvalue weighted by molar-refractivity contribution is 0.0997. The van der Waals surface area contributed by atoms with E-state index in [1.165, 1.54) is 11.6 Å². The SMILES string of the molecule is CCn1nc(-c2ccccc2)c(C(C)=O)c(Nc2ccccc2C(N)=O)c1=O. The number of nitrogens with one attached hydrogen (secondary N) is 1. The summed E-state index contributed by atoms with van der Waals surface area (Å²) < 4.78 is 1.28.